The molecule has 39 heavy (non-hydrogen) atoms. The Hall–Kier alpha value is -4.63. The first-order valence-corrected chi connectivity index (χ1v) is 13.0. The van der Waals surface area contributed by atoms with Gasteiger partial charge in [0, 0.05) is 23.3 Å². The number of halogens is 1. The van der Waals surface area contributed by atoms with Gasteiger partial charge in [-0.25, -0.2) is 14.4 Å². The lowest BCUT2D eigenvalue weighted by Crippen LogP contribution is -2.34. The lowest BCUT2D eigenvalue weighted by Gasteiger charge is -2.23. The number of pyridine rings is 3. The Balaban J connectivity index is 1.26. The quantitative estimate of drug-likeness (QED) is 0.266. The molecule has 6 aromatic rings. The number of aromatic nitrogens is 6. The third kappa shape index (κ3) is 4.51. The van der Waals surface area contributed by atoms with Gasteiger partial charge in [-0.1, -0.05) is 6.07 Å². The Kier molecular flexibility index (Phi) is 5.78. The summed E-state index contributed by atoms with van der Waals surface area (Å²) in [5.41, 5.74) is 7.91. The van der Waals surface area contributed by atoms with Gasteiger partial charge in [-0.15, -0.1) is 0 Å². The molecule has 6 heterocycles. The molecular weight excluding hydrogens is 493 g/mol. The van der Waals surface area contributed by atoms with Crippen LogP contribution in [0.1, 0.15) is 18.4 Å². The SMILES string of the molecule is Cc1cc(F)cc(-c2ccnc3[nH]c(-c4n[nH]c5ccc(-c6cncc(OC7CCNCC7)c6)nc45)cc23)c1. The van der Waals surface area contributed by atoms with Gasteiger partial charge in [0.25, 0.3) is 0 Å². The maximum absolute atomic E-state index is 14.2. The molecule has 1 fully saturated rings. The number of rotatable bonds is 5. The van der Waals surface area contributed by atoms with Gasteiger partial charge in [0.15, 0.2) is 0 Å². The monoisotopic (exact) mass is 519 g/mol. The molecule has 0 radical (unpaired) electrons. The molecule has 7 rings (SSSR count). The van der Waals surface area contributed by atoms with Crippen LogP contribution < -0.4 is 10.1 Å². The van der Waals surface area contributed by atoms with Crippen LogP contribution in [0.4, 0.5) is 4.39 Å². The summed E-state index contributed by atoms with van der Waals surface area (Å²) in [5.74, 6) is 0.482. The van der Waals surface area contributed by atoms with Crippen molar-refractivity contribution in [1.82, 2.24) is 35.5 Å². The van der Waals surface area contributed by atoms with E-state index in [1.165, 1.54) is 6.07 Å². The molecule has 1 aliphatic rings. The number of hydrogen-bond donors (Lipinski definition) is 3. The Labute approximate surface area is 223 Å². The largest absolute Gasteiger partial charge is 0.489 e. The van der Waals surface area contributed by atoms with Crippen LogP contribution in [0, 0.1) is 12.7 Å². The van der Waals surface area contributed by atoms with E-state index in [1.54, 1.807) is 24.7 Å². The van der Waals surface area contributed by atoms with Crippen molar-refractivity contribution in [3.8, 4) is 39.5 Å². The first-order valence-electron chi connectivity index (χ1n) is 13.0. The van der Waals surface area contributed by atoms with E-state index in [0.29, 0.717) is 11.3 Å². The molecule has 194 valence electrons. The number of H-pyrrole nitrogens is 2. The Morgan fingerprint density at radius 1 is 0.974 bits per heavy atom. The van der Waals surface area contributed by atoms with Crippen LogP contribution in [0.15, 0.2) is 67.1 Å². The number of benzene rings is 1. The molecule has 1 aliphatic heterocycles. The number of nitrogens with zero attached hydrogens (tertiary/aromatic N) is 4. The van der Waals surface area contributed by atoms with Crippen molar-refractivity contribution in [3.05, 3.63) is 78.5 Å². The molecule has 5 aromatic heterocycles. The van der Waals surface area contributed by atoms with Crippen LogP contribution in [0.25, 0.3) is 55.8 Å². The fourth-order valence-corrected chi connectivity index (χ4v) is 5.27. The van der Waals surface area contributed by atoms with E-state index in [1.807, 2.05) is 43.3 Å². The summed E-state index contributed by atoms with van der Waals surface area (Å²) >= 11 is 0. The second kappa shape index (κ2) is 9.59. The Morgan fingerprint density at radius 3 is 2.74 bits per heavy atom. The van der Waals surface area contributed by atoms with Crippen molar-refractivity contribution >= 4 is 22.1 Å². The number of nitrogens with one attached hydrogen (secondary N) is 3. The highest BCUT2D eigenvalue weighted by molar-refractivity contribution is 5.99. The standard InChI is InChI=1S/C30H26FN7O/c1-17-10-18(12-20(31)11-17)23-6-9-34-30-24(23)14-27(36-30)29-28-26(37-38-29)3-2-25(35-28)19-13-22(16-33-15-19)39-21-4-7-32-8-5-21/h2-3,6,9-16,21,32H,4-5,7-8H2,1H3,(H,34,36)(H,37,38). The Morgan fingerprint density at radius 2 is 1.87 bits per heavy atom. The van der Waals surface area contributed by atoms with Crippen molar-refractivity contribution in [3.63, 3.8) is 0 Å². The maximum atomic E-state index is 14.2. The zero-order chi connectivity index (χ0) is 26.3. The third-order valence-corrected chi connectivity index (χ3v) is 7.15. The van der Waals surface area contributed by atoms with Crippen LogP contribution in [-0.4, -0.2) is 49.3 Å². The van der Waals surface area contributed by atoms with Crippen molar-refractivity contribution in [2.75, 3.05) is 13.1 Å². The van der Waals surface area contributed by atoms with E-state index in [2.05, 4.69) is 30.5 Å². The van der Waals surface area contributed by atoms with Gasteiger partial charge < -0.3 is 15.0 Å². The van der Waals surface area contributed by atoms with Crippen molar-refractivity contribution in [2.24, 2.45) is 0 Å². The summed E-state index contributed by atoms with van der Waals surface area (Å²) in [5, 5.41) is 11.9. The highest BCUT2D eigenvalue weighted by Crippen LogP contribution is 2.34. The molecule has 3 N–H and O–H groups in total. The highest BCUT2D eigenvalue weighted by atomic mass is 19.1. The first-order chi connectivity index (χ1) is 19.1. The van der Waals surface area contributed by atoms with E-state index in [4.69, 9.17) is 9.72 Å². The van der Waals surface area contributed by atoms with Crippen LogP contribution in [-0.2, 0) is 0 Å². The van der Waals surface area contributed by atoms with Gasteiger partial charge in [0.05, 0.1) is 23.1 Å². The molecule has 0 saturated carbocycles. The highest BCUT2D eigenvalue weighted by Gasteiger charge is 2.18. The van der Waals surface area contributed by atoms with Crippen molar-refractivity contribution < 1.29 is 9.13 Å². The molecule has 0 aliphatic carbocycles. The van der Waals surface area contributed by atoms with Gasteiger partial charge >= 0.3 is 0 Å². The van der Waals surface area contributed by atoms with Gasteiger partial charge in [-0.05, 0) is 92.0 Å². The second-order valence-electron chi connectivity index (χ2n) is 9.96. The average molecular weight is 520 g/mol. The van der Waals surface area contributed by atoms with Crippen molar-refractivity contribution in [2.45, 2.75) is 25.9 Å². The van der Waals surface area contributed by atoms with E-state index in [9.17, 15) is 4.39 Å². The smallest absolute Gasteiger partial charge is 0.138 e. The Bertz CT molecular complexity index is 1800. The van der Waals surface area contributed by atoms with Crippen molar-refractivity contribution in [1.29, 1.82) is 0 Å². The second-order valence-corrected chi connectivity index (χ2v) is 9.96. The molecule has 1 aromatic carbocycles. The number of fused-ring (bicyclic) bond motifs is 2. The minimum absolute atomic E-state index is 0.191. The van der Waals surface area contributed by atoms with Crippen LogP contribution in [0.3, 0.4) is 0 Å². The summed E-state index contributed by atoms with van der Waals surface area (Å²) in [4.78, 5) is 17.3. The van der Waals surface area contributed by atoms with Gasteiger partial charge in [-0.2, -0.15) is 5.10 Å². The number of hydrogen-bond acceptors (Lipinski definition) is 6. The molecule has 1 saturated heterocycles. The number of piperidine rings is 1. The fraction of sp³-hybridized carbons (Fsp3) is 0.200. The van der Waals surface area contributed by atoms with Gasteiger partial charge in [-0.3, -0.25) is 10.1 Å². The maximum Gasteiger partial charge on any atom is 0.138 e. The number of aryl methyl sites for hydroxylation is 1. The topological polar surface area (TPSA) is 104 Å². The molecule has 0 amide bonds. The predicted octanol–water partition coefficient (Wildman–Crippen LogP) is 5.81. The predicted molar refractivity (Wildman–Crippen MR) is 149 cm³/mol. The molecule has 0 unspecified atom stereocenters. The summed E-state index contributed by atoms with van der Waals surface area (Å²) in [6, 6.07) is 14.8. The fourth-order valence-electron chi connectivity index (χ4n) is 5.27. The van der Waals surface area contributed by atoms with E-state index in [0.717, 1.165) is 81.7 Å². The number of aromatic amines is 2. The zero-order valence-electron chi connectivity index (χ0n) is 21.3. The van der Waals surface area contributed by atoms with Crippen LogP contribution in [0.2, 0.25) is 0 Å². The number of ether oxygens (including phenoxy) is 1. The normalized spacial score (nSPS) is 14.3. The van der Waals surface area contributed by atoms with Crippen LogP contribution in [0.5, 0.6) is 5.75 Å². The third-order valence-electron chi connectivity index (χ3n) is 7.15. The first kappa shape index (κ1) is 23.5. The summed E-state index contributed by atoms with van der Waals surface area (Å²) in [7, 11) is 0. The molecule has 0 atom stereocenters. The van der Waals surface area contributed by atoms with E-state index >= 15 is 0 Å². The van der Waals surface area contributed by atoms with Crippen LogP contribution >= 0.6 is 0 Å². The molecule has 9 heteroatoms. The minimum atomic E-state index is -0.263. The lowest BCUT2D eigenvalue weighted by atomic mass is 10.0. The lowest BCUT2D eigenvalue weighted by molar-refractivity contribution is 0.162. The molecular formula is C30H26FN7O. The zero-order valence-corrected chi connectivity index (χ0v) is 21.3. The average Bonchev–Trinajstić information content (AvgIpc) is 3.57. The van der Waals surface area contributed by atoms with E-state index in [-0.39, 0.29) is 11.9 Å². The summed E-state index contributed by atoms with van der Waals surface area (Å²) in [6.07, 6.45) is 7.42. The molecule has 8 nitrogen and oxygen atoms in total. The van der Waals surface area contributed by atoms with Gasteiger partial charge in [0.2, 0.25) is 0 Å². The van der Waals surface area contributed by atoms with Gasteiger partial charge in [0.1, 0.15) is 34.5 Å². The summed E-state index contributed by atoms with van der Waals surface area (Å²) < 4.78 is 20.4. The minimum Gasteiger partial charge on any atom is -0.489 e. The molecule has 0 spiro atoms. The summed E-state index contributed by atoms with van der Waals surface area (Å²) in [6.45, 7) is 3.81. The molecule has 0 bridgehead atoms. The van der Waals surface area contributed by atoms with E-state index < -0.39 is 0 Å².